The van der Waals surface area contributed by atoms with Gasteiger partial charge in [-0.1, -0.05) is 30.0 Å². The molecular formula is C21H30N4O2S. The molecule has 0 radical (unpaired) electrons. The van der Waals surface area contributed by atoms with Crippen LogP contribution in [0.2, 0.25) is 0 Å². The van der Waals surface area contributed by atoms with Crippen LogP contribution in [0.25, 0.3) is 5.69 Å². The summed E-state index contributed by atoms with van der Waals surface area (Å²) >= 11 is 1.53. The minimum Gasteiger partial charge on any atom is -0.373 e. The fourth-order valence-corrected chi connectivity index (χ4v) is 4.23. The Balaban J connectivity index is 1.50. The van der Waals surface area contributed by atoms with Gasteiger partial charge in [0.1, 0.15) is 5.69 Å². The highest BCUT2D eigenvalue weighted by molar-refractivity contribution is 7.98. The number of benzene rings is 1. The molecule has 0 unspecified atom stereocenters. The van der Waals surface area contributed by atoms with Crippen molar-refractivity contribution < 1.29 is 9.53 Å². The maximum Gasteiger partial charge on any atom is 0.269 e. The van der Waals surface area contributed by atoms with Gasteiger partial charge < -0.3 is 10.1 Å². The molecule has 152 valence electrons. The standard InChI is InChI=1S/C21H30N4O2S/c1-16-14-24(15-17(2)27-16)12-8-7-11-22-20(26)19-13-23-21(28-3)25(19)18-9-5-4-6-10-18/h4-6,9-10,13,16-17H,7-8,11-12,14-15H2,1-3H3,(H,22,26)/t16-,17-/m0/s1. The number of hydrogen-bond acceptors (Lipinski definition) is 5. The number of hydrogen-bond donors (Lipinski definition) is 1. The molecule has 0 aliphatic carbocycles. The minimum atomic E-state index is -0.0785. The number of rotatable bonds is 8. The van der Waals surface area contributed by atoms with Crippen LogP contribution in [0.4, 0.5) is 0 Å². The maximum atomic E-state index is 12.7. The van der Waals surface area contributed by atoms with Crippen LogP contribution in [0.15, 0.2) is 41.7 Å². The topological polar surface area (TPSA) is 59.4 Å². The van der Waals surface area contributed by atoms with Crippen LogP contribution < -0.4 is 5.32 Å². The van der Waals surface area contributed by atoms with Gasteiger partial charge in [-0.05, 0) is 51.6 Å². The molecule has 2 heterocycles. The molecule has 0 spiro atoms. The Morgan fingerprint density at radius 3 is 2.61 bits per heavy atom. The number of ether oxygens (including phenoxy) is 1. The van der Waals surface area contributed by atoms with Crippen molar-refractivity contribution in [1.82, 2.24) is 19.8 Å². The van der Waals surface area contributed by atoms with E-state index in [9.17, 15) is 4.79 Å². The number of morpholine rings is 1. The highest BCUT2D eigenvalue weighted by Gasteiger charge is 2.21. The molecular weight excluding hydrogens is 372 g/mol. The lowest BCUT2D eigenvalue weighted by Gasteiger charge is -2.35. The molecule has 2 atom stereocenters. The van der Waals surface area contributed by atoms with Gasteiger partial charge in [-0.15, -0.1) is 0 Å². The van der Waals surface area contributed by atoms with E-state index in [0.29, 0.717) is 24.4 Å². The maximum absolute atomic E-state index is 12.7. The number of unbranched alkanes of at least 4 members (excludes halogenated alkanes) is 1. The summed E-state index contributed by atoms with van der Waals surface area (Å²) in [6.45, 7) is 7.95. The van der Waals surface area contributed by atoms with E-state index >= 15 is 0 Å². The van der Waals surface area contributed by atoms with Crippen LogP contribution in [0.1, 0.15) is 37.2 Å². The molecule has 1 fully saturated rings. The first-order valence-electron chi connectivity index (χ1n) is 9.91. The van der Waals surface area contributed by atoms with Crippen molar-refractivity contribution in [3.63, 3.8) is 0 Å². The van der Waals surface area contributed by atoms with E-state index in [1.165, 1.54) is 11.8 Å². The monoisotopic (exact) mass is 402 g/mol. The average molecular weight is 403 g/mol. The third-order valence-corrected chi connectivity index (χ3v) is 5.49. The molecule has 0 bridgehead atoms. The van der Waals surface area contributed by atoms with E-state index < -0.39 is 0 Å². The van der Waals surface area contributed by atoms with Crippen molar-refractivity contribution in [3.05, 3.63) is 42.2 Å². The summed E-state index contributed by atoms with van der Waals surface area (Å²) < 4.78 is 7.69. The Morgan fingerprint density at radius 2 is 1.93 bits per heavy atom. The van der Waals surface area contributed by atoms with E-state index in [1.807, 2.05) is 41.2 Å². The Kier molecular flexibility index (Phi) is 7.53. The average Bonchev–Trinajstić information content (AvgIpc) is 3.12. The summed E-state index contributed by atoms with van der Waals surface area (Å²) in [6, 6.07) is 9.88. The smallest absolute Gasteiger partial charge is 0.269 e. The highest BCUT2D eigenvalue weighted by Crippen LogP contribution is 2.21. The molecule has 1 aromatic heterocycles. The van der Waals surface area contributed by atoms with Crippen LogP contribution in [-0.4, -0.2) is 65.0 Å². The lowest BCUT2D eigenvalue weighted by atomic mass is 10.2. The quantitative estimate of drug-likeness (QED) is 0.543. The number of thioether (sulfide) groups is 1. The number of para-hydroxylation sites is 1. The van der Waals surface area contributed by atoms with Gasteiger partial charge in [0.15, 0.2) is 5.16 Å². The van der Waals surface area contributed by atoms with Crippen LogP contribution >= 0.6 is 11.8 Å². The molecule has 3 rings (SSSR count). The van der Waals surface area contributed by atoms with Crippen molar-refractivity contribution in [2.75, 3.05) is 32.4 Å². The van der Waals surface area contributed by atoms with Gasteiger partial charge in [-0.2, -0.15) is 0 Å². The van der Waals surface area contributed by atoms with E-state index in [4.69, 9.17) is 4.74 Å². The van der Waals surface area contributed by atoms with Gasteiger partial charge in [0.05, 0.1) is 18.4 Å². The SMILES string of the molecule is CSc1ncc(C(=O)NCCCCN2C[C@H](C)O[C@@H](C)C2)n1-c1ccccc1. The summed E-state index contributed by atoms with van der Waals surface area (Å²) in [4.78, 5) is 19.6. The van der Waals surface area contributed by atoms with Crippen molar-refractivity contribution in [3.8, 4) is 5.69 Å². The Labute approximate surface area is 171 Å². The van der Waals surface area contributed by atoms with Crippen molar-refractivity contribution in [2.45, 2.75) is 44.1 Å². The van der Waals surface area contributed by atoms with Gasteiger partial charge in [-0.25, -0.2) is 4.98 Å². The predicted octanol–water partition coefficient (Wildman–Crippen LogP) is 3.21. The van der Waals surface area contributed by atoms with E-state index in [0.717, 1.165) is 43.3 Å². The van der Waals surface area contributed by atoms with E-state index in [-0.39, 0.29) is 5.91 Å². The van der Waals surface area contributed by atoms with Gasteiger partial charge in [-0.3, -0.25) is 14.3 Å². The lowest BCUT2D eigenvalue weighted by molar-refractivity contribution is -0.0681. The second-order valence-corrected chi connectivity index (χ2v) is 8.05. The number of nitrogens with one attached hydrogen (secondary N) is 1. The van der Waals surface area contributed by atoms with Gasteiger partial charge in [0.25, 0.3) is 5.91 Å². The number of carbonyl (C=O) groups is 1. The lowest BCUT2D eigenvalue weighted by Crippen LogP contribution is -2.45. The highest BCUT2D eigenvalue weighted by atomic mass is 32.2. The molecule has 7 heteroatoms. The second kappa shape index (κ2) is 10.1. The van der Waals surface area contributed by atoms with Crippen LogP contribution in [0.5, 0.6) is 0 Å². The first-order valence-corrected chi connectivity index (χ1v) is 11.1. The number of aromatic nitrogens is 2. The van der Waals surface area contributed by atoms with Crippen molar-refractivity contribution >= 4 is 17.7 Å². The molecule has 6 nitrogen and oxygen atoms in total. The Hall–Kier alpha value is -1.83. The molecule has 1 amide bonds. The molecule has 1 aliphatic heterocycles. The summed E-state index contributed by atoms with van der Waals surface area (Å²) in [7, 11) is 0. The predicted molar refractivity (Wildman–Crippen MR) is 113 cm³/mol. The summed E-state index contributed by atoms with van der Waals surface area (Å²) in [6.07, 6.45) is 6.25. The summed E-state index contributed by atoms with van der Waals surface area (Å²) in [5.74, 6) is -0.0785. The molecule has 1 aromatic carbocycles. The number of amides is 1. The van der Waals surface area contributed by atoms with Crippen molar-refractivity contribution in [2.24, 2.45) is 0 Å². The Bertz CT molecular complexity index is 755. The second-order valence-electron chi connectivity index (χ2n) is 7.28. The zero-order valence-corrected chi connectivity index (χ0v) is 17.7. The Morgan fingerprint density at radius 1 is 1.21 bits per heavy atom. The first-order chi connectivity index (χ1) is 13.6. The fourth-order valence-electron chi connectivity index (χ4n) is 3.69. The van der Waals surface area contributed by atoms with Crippen LogP contribution in [0, 0.1) is 0 Å². The molecule has 1 N–H and O–H groups in total. The summed E-state index contributed by atoms with van der Waals surface area (Å²) in [5, 5.41) is 3.86. The van der Waals surface area contributed by atoms with E-state index in [2.05, 4.69) is 29.0 Å². The molecule has 1 aliphatic rings. The van der Waals surface area contributed by atoms with E-state index in [1.54, 1.807) is 6.20 Å². The molecule has 28 heavy (non-hydrogen) atoms. The third-order valence-electron chi connectivity index (χ3n) is 4.84. The fraction of sp³-hybridized carbons (Fsp3) is 0.524. The third kappa shape index (κ3) is 5.37. The first kappa shape index (κ1) is 20.9. The molecule has 2 aromatic rings. The summed E-state index contributed by atoms with van der Waals surface area (Å²) in [5.41, 5.74) is 1.52. The number of carbonyl (C=O) groups excluding carboxylic acids is 1. The zero-order chi connectivity index (χ0) is 19.9. The van der Waals surface area contributed by atoms with Gasteiger partial charge in [0, 0.05) is 25.3 Å². The number of nitrogens with zero attached hydrogens (tertiary/aromatic N) is 3. The van der Waals surface area contributed by atoms with Crippen molar-refractivity contribution in [1.29, 1.82) is 0 Å². The zero-order valence-electron chi connectivity index (χ0n) is 16.9. The minimum absolute atomic E-state index is 0.0785. The number of imidazole rings is 1. The van der Waals surface area contributed by atoms with Gasteiger partial charge >= 0.3 is 0 Å². The largest absolute Gasteiger partial charge is 0.373 e. The normalized spacial score (nSPS) is 20.2. The van der Waals surface area contributed by atoms with Crippen LogP contribution in [0.3, 0.4) is 0 Å². The van der Waals surface area contributed by atoms with Crippen LogP contribution in [-0.2, 0) is 4.74 Å². The van der Waals surface area contributed by atoms with Gasteiger partial charge in [0.2, 0.25) is 0 Å². The molecule has 1 saturated heterocycles. The molecule has 0 saturated carbocycles.